The second-order valence-corrected chi connectivity index (χ2v) is 11.3. The molecule has 1 fully saturated rings. The summed E-state index contributed by atoms with van der Waals surface area (Å²) >= 11 is 1.75. The van der Waals surface area contributed by atoms with Crippen LogP contribution in [-0.4, -0.2) is 81.7 Å². The zero-order valence-electron chi connectivity index (χ0n) is 22.2. The first kappa shape index (κ1) is 34.1. The number of phosphoric ester groups is 1. The number of aliphatic hydroxyl groups is 1. The molecule has 228 valence electrons. The van der Waals surface area contributed by atoms with E-state index in [2.05, 4.69) is 9.47 Å². The minimum atomic E-state index is -4.77. The maximum absolute atomic E-state index is 15.2. The van der Waals surface area contributed by atoms with Crippen molar-refractivity contribution in [3.8, 4) is 0 Å². The summed E-state index contributed by atoms with van der Waals surface area (Å²) in [6.45, 7) is 4.75. The number of hydrogen-bond acceptors (Lipinski definition) is 14. The smallest absolute Gasteiger partial charge is 0.432 e. The second kappa shape index (κ2) is 14.7. The highest BCUT2D eigenvalue weighted by Gasteiger charge is 2.57. The van der Waals surface area contributed by atoms with Gasteiger partial charge in [-0.1, -0.05) is 22.6 Å². The molecule has 40 heavy (non-hydrogen) atoms. The molecule has 0 bridgehead atoms. The first-order valence-electron chi connectivity index (χ1n) is 11.7. The van der Waals surface area contributed by atoms with Crippen LogP contribution < -0.4 is 11.2 Å². The Kier molecular flexibility index (Phi) is 12.5. The highest BCUT2D eigenvalue weighted by atomic mass is 127. The van der Waals surface area contributed by atoms with Crippen molar-refractivity contribution in [1.82, 2.24) is 9.55 Å². The number of carbonyl (C=O) groups excluding carboxylic acids is 2. The minimum absolute atomic E-state index is 0.0754. The molecule has 4 atom stereocenters. The van der Waals surface area contributed by atoms with Crippen molar-refractivity contribution < 1.29 is 60.9 Å². The molecule has 16 nitrogen and oxygen atoms in total. The topological polar surface area (TPSA) is 200 Å². The zero-order chi connectivity index (χ0) is 30.3. The number of aliphatic hydroxyl groups excluding tert-OH is 1. The molecule has 0 amide bonds. The molecular formula is C21H31FIN2O14P. The number of aromatic nitrogens is 2. The standard InChI is InChI=1S/C21H31FIN2O14P/c1-11(2)37-19(29)32-9-35-40(31,36-10-33-20(30)38-12(3)4)34-8-21(7-23)15(26)14(22)17(39-21)25-6-13(5)16(27)24-18(25)28/h6,11-12,14-15,17,26H,7-10H2,1-5H3,(H,24,27,28)/t14-,15-,17+,21+/m0/s1. The molecule has 0 aromatic carbocycles. The average Bonchev–Trinajstić information content (AvgIpc) is 3.10. The van der Waals surface area contributed by atoms with E-state index in [1.807, 2.05) is 4.98 Å². The van der Waals surface area contributed by atoms with Crippen molar-refractivity contribution in [3.05, 3.63) is 32.6 Å². The van der Waals surface area contributed by atoms with Crippen LogP contribution in [0.5, 0.6) is 0 Å². The maximum atomic E-state index is 15.2. The van der Waals surface area contributed by atoms with Crippen molar-refractivity contribution in [2.24, 2.45) is 0 Å². The van der Waals surface area contributed by atoms with Gasteiger partial charge in [0.25, 0.3) is 5.56 Å². The molecule has 0 unspecified atom stereocenters. The zero-order valence-corrected chi connectivity index (χ0v) is 25.2. The summed E-state index contributed by atoms with van der Waals surface area (Å²) in [6.07, 6.45) is -8.13. The summed E-state index contributed by atoms with van der Waals surface area (Å²) in [6, 6.07) is 0. The van der Waals surface area contributed by atoms with Gasteiger partial charge in [0.05, 0.1) is 18.8 Å². The third-order valence-corrected chi connectivity index (χ3v) is 7.60. The number of nitrogens with one attached hydrogen (secondary N) is 1. The van der Waals surface area contributed by atoms with E-state index in [-0.39, 0.29) is 9.99 Å². The number of alkyl halides is 2. The van der Waals surface area contributed by atoms with Crippen molar-refractivity contribution in [1.29, 1.82) is 0 Å². The van der Waals surface area contributed by atoms with Gasteiger partial charge in [0, 0.05) is 16.2 Å². The van der Waals surface area contributed by atoms with Gasteiger partial charge in [0.15, 0.2) is 12.4 Å². The molecule has 0 radical (unpaired) electrons. The third-order valence-electron chi connectivity index (χ3n) is 5.02. The molecule has 19 heteroatoms. The van der Waals surface area contributed by atoms with Gasteiger partial charge < -0.3 is 28.8 Å². The summed E-state index contributed by atoms with van der Waals surface area (Å²) in [4.78, 5) is 49.2. The number of carbonyl (C=O) groups is 2. The van der Waals surface area contributed by atoms with Crippen LogP contribution in [-0.2, 0) is 41.8 Å². The Labute approximate surface area is 241 Å². The van der Waals surface area contributed by atoms with E-state index >= 15 is 4.39 Å². The number of aromatic amines is 1. The van der Waals surface area contributed by atoms with Crippen LogP contribution in [0.3, 0.4) is 0 Å². The Balaban J connectivity index is 2.20. The highest BCUT2D eigenvalue weighted by Crippen LogP contribution is 2.52. The van der Waals surface area contributed by atoms with Crippen LogP contribution in [0.25, 0.3) is 0 Å². The lowest BCUT2D eigenvalue weighted by molar-refractivity contribution is -0.116. The summed E-state index contributed by atoms with van der Waals surface area (Å²) < 4.78 is 68.7. The number of ether oxygens (including phenoxy) is 5. The van der Waals surface area contributed by atoms with Gasteiger partial charge >= 0.3 is 25.8 Å². The van der Waals surface area contributed by atoms with Crippen molar-refractivity contribution in [2.75, 3.05) is 24.6 Å². The van der Waals surface area contributed by atoms with Crippen molar-refractivity contribution in [3.63, 3.8) is 0 Å². The van der Waals surface area contributed by atoms with E-state index in [1.54, 1.807) is 50.3 Å². The van der Waals surface area contributed by atoms with Crippen LogP contribution in [0.1, 0.15) is 39.5 Å². The highest BCUT2D eigenvalue weighted by molar-refractivity contribution is 14.1. The fourth-order valence-electron chi connectivity index (χ4n) is 3.11. The van der Waals surface area contributed by atoms with Gasteiger partial charge in [-0.15, -0.1) is 0 Å². The summed E-state index contributed by atoms with van der Waals surface area (Å²) in [5, 5.41) is 10.7. The van der Waals surface area contributed by atoms with Gasteiger partial charge in [-0.25, -0.2) is 32.4 Å². The van der Waals surface area contributed by atoms with E-state index in [9.17, 15) is 28.8 Å². The Morgan fingerprint density at radius 2 is 1.65 bits per heavy atom. The lowest BCUT2D eigenvalue weighted by Crippen LogP contribution is -2.47. The first-order valence-corrected chi connectivity index (χ1v) is 14.7. The Bertz CT molecular complexity index is 1160. The van der Waals surface area contributed by atoms with Crippen LogP contribution in [0.15, 0.2) is 15.8 Å². The molecule has 0 aliphatic carbocycles. The van der Waals surface area contributed by atoms with Gasteiger partial charge in [-0.3, -0.25) is 18.9 Å². The quantitative estimate of drug-likeness (QED) is 0.0994. The molecule has 1 aliphatic rings. The molecule has 1 aromatic heterocycles. The lowest BCUT2D eigenvalue weighted by atomic mass is 9.99. The lowest BCUT2D eigenvalue weighted by Gasteiger charge is -2.30. The van der Waals surface area contributed by atoms with Crippen LogP contribution in [0, 0.1) is 6.92 Å². The average molecular weight is 712 g/mol. The summed E-state index contributed by atoms with van der Waals surface area (Å²) in [5.74, 6) is 0. The molecule has 2 heterocycles. The molecule has 2 N–H and O–H groups in total. The van der Waals surface area contributed by atoms with Crippen molar-refractivity contribution in [2.45, 2.75) is 70.9 Å². The van der Waals surface area contributed by atoms with E-state index in [1.165, 1.54) is 6.92 Å². The van der Waals surface area contributed by atoms with E-state index in [0.717, 1.165) is 10.8 Å². The largest absolute Gasteiger partial charge is 0.510 e. The van der Waals surface area contributed by atoms with E-state index in [0.29, 0.717) is 0 Å². The SMILES string of the molecule is Cc1cn([C@@H]2O[C@](CI)(COP(=O)(OCOC(=O)OC(C)C)OCOC(=O)OC(C)C)[C@@H](O)[C@@H]2F)c(=O)[nH]c1=O. The van der Waals surface area contributed by atoms with E-state index in [4.69, 9.17) is 27.8 Å². The number of rotatable bonds is 13. The number of hydrogen-bond donors (Lipinski definition) is 2. The minimum Gasteiger partial charge on any atom is -0.432 e. The summed E-state index contributed by atoms with van der Waals surface area (Å²) in [7, 11) is -4.77. The molecule has 1 saturated heterocycles. The number of nitrogens with zero attached hydrogens (tertiary/aromatic N) is 1. The predicted octanol–water partition coefficient (Wildman–Crippen LogP) is 2.44. The molecule has 0 spiro atoms. The number of halogens is 2. The van der Waals surface area contributed by atoms with Crippen molar-refractivity contribution >= 4 is 42.7 Å². The number of phosphoric acid groups is 1. The Morgan fingerprint density at radius 1 is 1.12 bits per heavy atom. The van der Waals surface area contributed by atoms with Crippen LogP contribution in [0.4, 0.5) is 14.0 Å². The van der Waals surface area contributed by atoms with Gasteiger partial charge in [0.1, 0.15) is 11.7 Å². The normalized spacial score (nSPS) is 22.9. The number of H-pyrrole nitrogens is 1. The van der Waals surface area contributed by atoms with Gasteiger partial charge in [-0.2, -0.15) is 0 Å². The Hall–Kier alpha value is -2.09. The molecule has 1 aromatic rings. The Morgan fingerprint density at radius 3 is 2.12 bits per heavy atom. The fraction of sp³-hybridized carbons (Fsp3) is 0.714. The molecule has 2 rings (SSSR count). The second-order valence-electron chi connectivity index (χ2n) is 8.91. The van der Waals surface area contributed by atoms with Crippen LogP contribution >= 0.6 is 30.4 Å². The fourth-order valence-corrected chi connectivity index (χ4v) is 4.92. The molecular weight excluding hydrogens is 681 g/mol. The predicted molar refractivity (Wildman–Crippen MR) is 140 cm³/mol. The van der Waals surface area contributed by atoms with E-state index < -0.39 is 87.9 Å². The molecule has 1 aliphatic heterocycles. The number of aryl methyl sites for hydroxylation is 1. The first-order chi connectivity index (χ1) is 18.6. The maximum Gasteiger partial charge on any atom is 0.510 e. The van der Waals surface area contributed by atoms with Gasteiger partial charge in [-0.05, 0) is 34.6 Å². The van der Waals surface area contributed by atoms with Gasteiger partial charge in [0.2, 0.25) is 13.6 Å². The third kappa shape index (κ3) is 9.22. The monoisotopic (exact) mass is 712 g/mol. The van der Waals surface area contributed by atoms with Crippen LogP contribution in [0.2, 0.25) is 0 Å². The summed E-state index contributed by atoms with van der Waals surface area (Å²) in [5.41, 5.74) is -3.51. The molecule has 0 saturated carbocycles.